The van der Waals surface area contributed by atoms with Gasteiger partial charge >= 0.3 is 6.09 Å². The third kappa shape index (κ3) is 9.36. The molecule has 0 aromatic heterocycles. The Balaban J connectivity index is 3.66. The van der Waals surface area contributed by atoms with Crippen molar-refractivity contribution in [3.05, 3.63) is 6.92 Å². The van der Waals surface area contributed by atoms with Crippen molar-refractivity contribution in [1.29, 1.82) is 0 Å². The van der Waals surface area contributed by atoms with Crippen LogP contribution < -0.4 is 5.32 Å². The molecule has 0 aliphatic heterocycles. The van der Waals surface area contributed by atoms with Crippen LogP contribution in [0.4, 0.5) is 4.79 Å². The van der Waals surface area contributed by atoms with Crippen LogP contribution in [0.25, 0.3) is 0 Å². The Hall–Kier alpha value is -0.730. The first kappa shape index (κ1) is 13.3. The lowest BCUT2D eigenvalue weighted by Crippen LogP contribution is -2.34. The molecule has 0 aromatic carbocycles. The lowest BCUT2D eigenvalue weighted by Gasteiger charge is -2.21. The molecule has 1 amide bonds. The fraction of sp³-hybridized carbons (Fsp3) is 0.818. The molecule has 0 aliphatic carbocycles. The van der Waals surface area contributed by atoms with Crippen molar-refractivity contribution in [3.8, 4) is 0 Å². The second-order valence-corrected chi connectivity index (χ2v) is 5.34. The molecule has 0 rings (SSSR count). The van der Waals surface area contributed by atoms with Gasteiger partial charge in [-0.3, -0.25) is 0 Å². The minimum Gasteiger partial charge on any atom is -0.444 e. The maximum atomic E-state index is 11.2. The molecule has 0 saturated carbocycles. The molecule has 0 atom stereocenters. The summed E-state index contributed by atoms with van der Waals surface area (Å²) >= 11 is 0. The molecule has 3 nitrogen and oxygen atoms in total. The predicted octanol–water partition coefficient (Wildman–Crippen LogP) is 2.76. The highest BCUT2D eigenvalue weighted by molar-refractivity contribution is 5.67. The van der Waals surface area contributed by atoms with Gasteiger partial charge in [0.15, 0.2) is 0 Å². The molecule has 1 N–H and O–H groups in total. The second-order valence-electron chi connectivity index (χ2n) is 5.34. The van der Waals surface area contributed by atoms with E-state index in [0.29, 0.717) is 6.54 Å². The highest BCUT2D eigenvalue weighted by Crippen LogP contribution is 2.16. The Kier molecular flexibility index (Phi) is 4.43. The normalized spacial score (nSPS) is 12.4. The van der Waals surface area contributed by atoms with Gasteiger partial charge in [0.25, 0.3) is 0 Å². The van der Waals surface area contributed by atoms with E-state index in [9.17, 15) is 4.79 Å². The van der Waals surface area contributed by atoms with Crippen LogP contribution in [0.3, 0.4) is 0 Å². The summed E-state index contributed by atoms with van der Waals surface area (Å²) in [6.45, 7) is 14.2. The van der Waals surface area contributed by atoms with Crippen molar-refractivity contribution >= 4 is 6.09 Å². The molecule has 1 radical (unpaired) electrons. The van der Waals surface area contributed by atoms with Crippen LogP contribution in [0.15, 0.2) is 0 Å². The Bertz CT molecular complexity index is 186. The van der Waals surface area contributed by atoms with E-state index < -0.39 is 5.60 Å². The van der Waals surface area contributed by atoms with Gasteiger partial charge in [0, 0.05) is 6.54 Å². The zero-order chi connectivity index (χ0) is 11.4. The van der Waals surface area contributed by atoms with E-state index in [1.165, 1.54) is 0 Å². The standard InChI is InChI=1S/C11H22NO2/c1-10(2,3)7-8-12-9(13)14-11(4,5)6/h1,7-8H2,2-6H3,(H,12,13). The van der Waals surface area contributed by atoms with Crippen molar-refractivity contribution < 1.29 is 9.53 Å². The summed E-state index contributed by atoms with van der Waals surface area (Å²) in [6, 6.07) is 0. The molecule has 14 heavy (non-hydrogen) atoms. The third-order valence-electron chi connectivity index (χ3n) is 1.47. The number of carbonyl (C=O) groups is 1. The van der Waals surface area contributed by atoms with Gasteiger partial charge in [0.05, 0.1) is 0 Å². The summed E-state index contributed by atoms with van der Waals surface area (Å²) in [4.78, 5) is 11.2. The highest BCUT2D eigenvalue weighted by Gasteiger charge is 2.16. The molecule has 0 aliphatic rings. The van der Waals surface area contributed by atoms with E-state index in [4.69, 9.17) is 4.74 Å². The SMILES string of the molecule is [CH2]C(C)(C)CCNC(=O)OC(C)(C)C. The molecular formula is C11H22NO2. The monoisotopic (exact) mass is 200 g/mol. The van der Waals surface area contributed by atoms with Crippen LogP contribution in [0.2, 0.25) is 0 Å². The predicted molar refractivity (Wildman–Crippen MR) is 58.0 cm³/mol. The average Bonchev–Trinajstić information content (AvgIpc) is 1.78. The molecule has 0 bridgehead atoms. The summed E-state index contributed by atoms with van der Waals surface area (Å²) < 4.78 is 5.08. The van der Waals surface area contributed by atoms with Crippen molar-refractivity contribution in [2.75, 3.05) is 6.54 Å². The minimum absolute atomic E-state index is 0.00495. The molecule has 0 spiro atoms. The number of carbonyl (C=O) groups excluding carboxylic acids is 1. The number of rotatable bonds is 3. The number of hydrogen-bond acceptors (Lipinski definition) is 2. The van der Waals surface area contributed by atoms with Gasteiger partial charge in [0.1, 0.15) is 5.60 Å². The summed E-state index contributed by atoms with van der Waals surface area (Å²) in [6.07, 6.45) is 0.480. The quantitative estimate of drug-likeness (QED) is 0.760. The van der Waals surface area contributed by atoms with Crippen LogP contribution in [0.5, 0.6) is 0 Å². The fourth-order valence-corrected chi connectivity index (χ4v) is 0.817. The van der Waals surface area contributed by atoms with Crippen LogP contribution in [-0.4, -0.2) is 18.2 Å². The summed E-state index contributed by atoms with van der Waals surface area (Å²) in [5.41, 5.74) is -0.431. The molecular weight excluding hydrogens is 178 g/mol. The van der Waals surface area contributed by atoms with Crippen molar-refractivity contribution in [1.82, 2.24) is 5.32 Å². The van der Waals surface area contributed by atoms with E-state index in [2.05, 4.69) is 12.2 Å². The van der Waals surface area contributed by atoms with Gasteiger partial charge in [-0.05, 0) is 39.5 Å². The molecule has 0 heterocycles. The van der Waals surface area contributed by atoms with Crippen molar-refractivity contribution in [2.24, 2.45) is 5.41 Å². The summed E-state index contributed by atoms with van der Waals surface area (Å²) in [7, 11) is 0. The average molecular weight is 200 g/mol. The number of nitrogens with one attached hydrogen (secondary N) is 1. The summed E-state index contributed by atoms with van der Waals surface area (Å²) in [5, 5.41) is 2.69. The van der Waals surface area contributed by atoms with Gasteiger partial charge in [0.2, 0.25) is 0 Å². The van der Waals surface area contributed by atoms with Gasteiger partial charge in [-0.15, -0.1) is 0 Å². The van der Waals surface area contributed by atoms with Gasteiger partial charge in [-0.25, -0.2) is 4.79 Å². The largest absolute Gasteiger partial charge is 0.444 e. The van der Waals surface area contributed by atoms with E-state index in [-0.39, 0.29) is 11.5 Å². The number of ether oxygens (including phenoxy) is 1. The van der Waals surface area contributed by atoms with E-state index >= 15 is 0 Å². The number of hydrogen-bond donors (Lipinski definition) is 1. The first-order chi connectivity index (χ1) is 6.10. The van der Waals surface area contributed by atoms with E-state index in [1.807, 2.05) is 34.6 Å². The van der Waals surface area contributed by atoms with Gasteiger partial charge in [-0.1, -0.05) is 13.8 Å². The maximum Gasteiger partial charge on any atom is 0.407 e. The molecule has 0 unspecified atom stereocenters. The number of amides is 1. The fourth-order valence-electron chi connectivity index (χ4n) is 0.817. The van der Waals surface area contributed by atoms with Gasteiger partial charge < -0.3 is 10.1 Å². The van der Waals surface area contributed by atoms with Crippen LogP contribution in [0, 0.1) is 12.3 Å². The van der Waals surface area contributed by atoms with Crippen molar-refractivity contribution in [2.45, 2.75) is 46.6 Å². The first-order valence-electron chi connectivity index (χ1n) is 4.92. The Morgan fingerprint density at radius 1 is 1.29 bits per heavy atom. The summed E-state index contributed by atoms with van der Waals surface area (Å²) in [5.74, 6) is 0. The highest BCUT2D eigenvalue weighted by atomic mass is 16.6. The van der Waals surface area contributed by atoms with Gasteiger partial charge in [-0.2, -0.15) is 0 Å². The molecule has 3 heteroatoms. The number of alkyl carbamates (subject to hydrolysis) is 1. The van der Waals surface area contributed by atoms with Crippen LogP contribution in [-0.2, 0) is 4.74 Å². The maximum absolute atomic E-state index is 11.2. The smallest absolute Gasteiger partial charge is 0.407 e. The van der Waals surface area contributed by atoms with E-state index in [1.54, 1.807) is 0 Å². The van der Waals surface area contributed by atoms with Crippen LogP contribution in [0.1, 0.15) is 41.0 Å². The molecule has 0 fully saturated rings. The Morgan fingerprint density at radius 2 is 1.79 bits per heavy atom. The van der Waals surface area contributed by atoms with E-state index in [0.717, 1.165) is 6.42 Å². The lowest BCUT2D eigenvalue weighted by atomic mass is 9.92. The lowest BCUT2D eigenvalue weighted by molar-refractivity contribution is 0.0524. The minimum atomic E-state index is -0.427. The first-order valence-corrected chi connectivity index (χ1v) is 4.92. The topological polar surface area (TPSA) is 38.3 Å². The molecule has 83 valence electrons. The Morgan fingerprint density at radius 3 is 2.14 bits per heavy atom. The van der Waals surface area contributed by atoms with Crippen LogP contribution >= 0.6 is 0 Å². The third-order valence-corrected chi connectivity index (χ3v) is 1.47. The van der Waals surface area contributed by atoms with Crippen molar-refractivity contribution in [3.63, 3.8) is 0 Å². The zero-order valence-corrected chi connectivity index (χ0v) is 9.94. The Labute approximate surface area is 87.2 Å². The zero-order valence-electron chi connectivity index (χ0n) is 9.94. The molecule has 0 aromatic rings. The molecule has 0 saturated heterocycles. The second kappa shape index (κ2) is 4.67.